The topological polar surface area (TPSA) is 96.6 Å². The van der Waals surface area contributed by atoms with Crippen LogP contribution in [-0.4, -0.2) is 59.8 Å². The van der Waals surface area contributed by atoms with Crippen LogP contribution in [0.25, 0.3) is 0 Å². The second-order valence-corrected chi connectivity index (χ2v) is 9.18. The number of halogens is 1. The molecule has 0 N–H and O–H groups in total. The summed E-state index contributed by atoms with van der Waals surface area (Å²) in [5, 5.41) is 3.71. The summed E-state index contributed by atoms with van der Waals surface area (Å²) in [7, 11) is -2.28. The summed E-state index contributed by atoms with van der Waals surface area (Å²) in [5.41, 5.74) is 0. The molecule has 1 unspecified atom stereocenters. The van der Waals surface area contributed by atoms with Crippen LogP contribution in [0.4, 0.5) is 4.39 Å². The summed E-state index contributed by atoms with van der Waals surface area (Å²) in [6, 6.07) is 4.76. The third-order valence-electron chi connectivity index (χ3n) is 5.16. The van der Waals surface area contributed by atoms with Gasteiger partial charge in [-0.15, -0.1) is 0 Å². The minimum Gasteiger partial charge on any atom is -0.343 e. The molecule has 1 aliphatic rings. The average molecular weight is 424 g/mol. The lowest BCUT2D eigenvalue weighted by molar-refractivity contribution is -0.131. The Morgan fingerprint density at radius 1 is 1.34 bits per heavy atom. The molecule has 1 atom stereocenters. The van der Waals surface area contributed by atoms with Crippen molar-refractivity contribution in [3.63, 3.8) is 0 Å². The van der Waals surface area contributed by atoms with Gasteiger partial charge < -0.3 is 9.42 Å². The number of aromatic nitrogens is 2. The Kier molecular flexibility index (Phi) is 6.63. The van der Waals surface area contributed by atoms with Gasteiger partial charge in [-0.3, -0.25) is 4.79 Å². The number of likely N-dealkylation sites (tertiary alicyclic amines) is 1. The van der Waals surface area contributed by atoms with Crippen molar-refractivity contribution in [2.24, 2.45) is 0 Å². The van der Waals surface area contributed by atoms with E-state index in [1.54, 1.807) is 11.8 Å². The van der Waals surface area contributed by atoms with Crippen molar-refractivity contribution in [1.29, 1.82) is 0 Å². The Labute approximate surface area is 169 Å². The van der Waals surface area contributed by atoms with Gasteiger partial charge >= 0.3 is 0 Å². The SMILES string of the molecule is Cc1noc(CCC(=O)N2CCCC(N(C)S(=O)(=O)c3cccc(F)c3)CC2)n1. The number of hydrogen-bond donors (Lipinski definition) is 0. The second-order valence-electron chi connectivity index (χ2n) is 7.18. The van der Waals surface area contributed by atoms with Crippen LogP contribution >= 0.6 is 0 Å². The fraction of sp³-hybridized carbons (Fsp3) is 0.526. The molecule has 0 radical (unpaired) electrons. The summed E-state index contributed by atoms with van der Waals surface area (Å²) < 4.78 is 45.5. The highest BCUT2D eigenvalue weighted by Crippen LogP contribution is 2.23. The van der Waals surface area contributed by atoms with Crippen LogP contribution in [0.15, 0.2) is 33.7 Å². The van der Waals surface area contributed by atoms with Crippen molar-refractivity contribution in [3.05, 3.63) is 41.8 Å². The number of rotatable bonds is 6. The van der Waals surface area contributed by atoms with Crippen molar-refractivity contribution in [2.75, 3.05) is 20.1 Å². The van der Waals surface area contributed by atoms with Gasteiger partial charge in [0.25, 0.3) is 0 Å². The van der Waals surface area contributed by atoms with Gasteiger partial charge in [-0.1, -0.05) is 11.2 Å². The Bertz CT molecular complexity index is 963. The molecule has 0 bridgehead atoms. The number of carbonyl (C=O) groups is 1. The van der Waals surface area contributed by atoms with Crippen molar-refractivity contribution in [1.82, 2.24) is 19.3 Å². The number of amides is 1. The first-order valence-electron chi connectivity index (χ1n) is 9.58. The van der Waals surface area contributed by atoms with E-state index in [-0.39, 0.29) is 23.3 Å². The van der Waals surface area contributed by atoms with Crippen LogP contribution in [0.3, 0.4) is 0 Å². The number of sulfonamides is 1. The minimum atomic E-state index is -3.80. The highest BCUT2D eigenvalue weighted by molar-refractivity contribution is 7.89. The third kappa shape index (κ3) is 5.18. The Morgan fingerprint density at radius 3 is 2.83 bits per heavy atom. The highest BCUT2D eigenvalue weighted by Gasteiger charge is 2.30. The number of nitrogens with zero attached hydrogens (tertiary/aromatic N) is 4. The molecule has 29 heavy (non-hydrogen) atoms. The first-order chi connectivity index (χ1) is 13.8. The maximum atomic E-state index is 13.5. The molecule has 2 heterocycles. The molecule has 1 aromatic heterocycles. The second kappa shape index (κ2) is 9.00. The van der Waals surface area contributed by atoms with E-state index in [0.29, 0.717) is 50.5 Å². The Morgan fingerprint density at radius 2 is 2.14 bits per heavy atom. The van der Waals surface area contributed by atoms with Crippen LogP contribution in [0, 0.1) is 12.7 Å². The maximum Gasteiger partial charge on any atom is 0.243 e. The van der Waals surface area contributed by atoms with E-state index in [2.05, 4.69) is 10.1 Å². The highest BCUT2D eigenvalue weighted by atomic mass is 32.2. The molecule has 3 rings (SSSR count). The smallest absolute Gasteiger partial charge is 0.243 e. The predicted molar refractivity (Wildman–Crippen MR) is 103 cm³/mol. The van der Waals surface area contributed by atoms with E-state index in [4.69, 9.17) is 4.52 Å². The standard InChI is InChI=1S/C19H25FN4O4S/c1-14-21-18(28-22-14)8-9-19(25)24-11-4-6-16(10-12-24)23(2)29(26,27)17-7-3-5-15(20)13-17/h3,5,7,13,16H,4,6,8-12H2,1-2H3. The van der Waals surface area contributed by atoms with E-state index >= 15 is 0 Å². The Balaban J connectivity index is 1.59. The lowest BCUT2D eigenvalue weighted by atomic mass is 10.1. The molecule has 0 spiro atoms. The number of hydrogen-bond acceptors (Lipinski definition) is 6. The van der Waals surface area contributed by atoms with Gasteiger partial charge in [0.05, 0.1) is 4.90 Å². The van der Waals surface area contributed by atoms with E-state index in [1.807, 2.05) is 0 Å². The quantitative estimate of drug-likeness (QED) is 0.705. The van der Waals surface area contributed by atoms with Crippen molar-refractivity contribution >= 4 is 15.9 Å². The first-order valence-corrected chi connectivity index (χ1v) is 11.0. The number of carbonyl (C=O) groups excluding carboxylic acids is 1. The van der Waals surface area contributed by atoms with Crippen LogP contribution in [0.1, 0.15) is 37.4 Å². The predicted octanol–water partition coefficient (Wildman–Crippen LogP) is 2.15. The fourth-order valence-corrected chi connectivity index (χ4v) is 4.94. The first kappa shape index (κ1) is 21.4. The van der Waals surface area contributed by atoms with Gasteiger partial charge in [0.1, 0.15) is 5.82 Å². The summed E-state index contributed by atoms with van der Waals surface area (Å²) in [6.07, 6.45) is 2.50. The van der Waals surface area contributed by atoms with Crippen molar-refractivity contribution in [3.8, 4) is 0 Å². The molecular formula is C19H25FN4O4S. The lowest BCUT2D eigenvalue weighted by Gasteiger charge is -2.26. The zero-order valence-corrected chi connectivity index (χ0v) is 17.4. The number of aryl methyl sites for hydroxylation is 2. The normalized spacial score (nSPS) is 18.1. The van der Waals surface area contributed by atoms with E-state index in [9.17, 15) is 17.6 Å². The lowest BCUT2D eigenvalue weighted by Crippen LogP contribution is -2.38. The molecule has 1 amide bonds. The van der Waals surface area contributed by atoms with Crippen molar-refractivity contribution in [2.45, 2.75) is 50.0 Å². The van der Waals surface area contributed by atoms with Gasteiger partial charge in [0.2, 0.25) is 21.8 Å². The zero-order valence-electron chi connectivity index (χ0n) is 16.5. The van der Waals surface area contributed by atoms with E-state index < -0.39 is 15.8 Å². The molecule has 2 aromatic rings. The van der Waals surface area contributed by atoms with Gasteiger partial charge in [0, 0.05) is 39.0 Å². The summed E-state index contributed by atoms with van der Waals surface area (Å²) in [6.45, 7) is 2.76. The van der Waals surface area contributed by atoms with Gasteiger partial charge in [-0.2, -0.15) is 9.29 Å². The van der Waals surface area contributed by atoms with Crippen LogP contribution in [-0.2, 0) is 21.2 Å². The molecule has 10 heteroatoms. The van der Waals surface area contributed by atoms with Crippen LogP contribution in [0.5, 0.6) is 0 Å². The van der Waals surface area contributed by atoms with Gasteiger partial charge in [-0.25, -0.2) is 12.8 Å². The minimum absolute atomic E-state index is 0.0165. The molecule has 1 aromatic carbocycles. The molecule has 0 aliphatic carbocycles. The average Bonchev–Trinajstić information content (AvgIpc) is 2.96. The molecule has 0 saturated carbocycles. The molecule has 1 saturated heterocycles. The summed E-state index contributed by atoms with van der Waals surface area (Å²) in [5.74, 6) is 0.364. The Hall–Kier alpha value is -2.33. The zero-order chi connectivity index (χ0) is 21.0. The summed E-state index contributed by atoms with van der Waals surface area (Å²) in [4.78, 5) is 18.3. The number of benzene rings is 1. The molecule has 158 valence electrons. The molecule has 1 fully saturated rings. The van der Waals surface area contributed by atoms with Crippen LogP contribution in [0.2, 0.25) is 0 Å². The third-order valence-corrected chi connectivity index (χ3v) is 7.07. The van der Waals surface area contributed by atoms with Gasteiger partial charge in [-0.05, 0) is 44.4 Å². The molecule has 1 aliphatic heterocycles. The fourth-order valence-electron chi connectivity index (χ4n) is 3.50. The maximum absolute atomic E-state index is 13.5. The molecular weight excluding hydrogens is 399 g/mol. The van der Waals surface area contributed by atoms with Gasteiger partial charge in [0.15, 0.2) is 5.82 Å². The molecule has 8 nitrogen and oxygen atoms in total. The monoisotopic (exact) mass is 424 g/mol. The van der Waals surface area contributed by atoms with Crippen molar-refractivity contribution < 1.29 is 22.1 Å². The largest absolute Gasteiger partial charge is 0.343 e. The summed E-state index contributed by atoms with van der Waals surface area (Å²) >= 11 is 0. The van der Waals surface area contributed by atoms with E-state index in [0.717, 1.165) is 6.07 Å². The van der Waals surface area contributed by atoms with Crippen LogP contribution < -0.4 is 0 Å². The van der Waals surface area contributed by atoms with E-state index in [1.165, 1.54) is 29.6 Å².